The van der Waals surface area contributed by atoms with E-state index in [1.165, 1.54) is 0 Å². The van der Waals surface area contributed by atoms with Crippen molar-refractivity contribution < 1.29 is 4.74 Å². The maximum Gasteiger partial charge on any atom is 0.215 e. The van der Waals surface area contributed by atoms with Gasteiger partial charge >= 0.3 is 0 Å². The summed E-state index contributed by atoms with van der Waals surface area (Å²) in [5.74, 6) is 1.24. The SMILES string of the molecule is COc1ccc(Nc2nc3ccccc3c3nncn23)cc1Cl. The second-order valence-electron chi connectivity index (χ2n) is 4.95. The first-order chi connectivity index (χ1) is 11.3. The molecule has 2 aromatic carbocycles. The van der Waals surface area contributed by atoms with E-state index < -0.39 is 0 Å². The highest BCUT2D eigenvalue weighted by Gasteiger charge is 2.10. The Kier molecular flexibility index (Phi) is 3.24. The molecule has 0 aliphatic heterocycles. The molecule has 0 aliphatic carbocycles. The summed E-state index contributed by atoms with van der Waals surface area (Å²) in [4.78, 5) is 4.64. The van der Waals surface area contributed by atoms with Crippen LogP contribution in [0.2, 0.25) is 5.02 Å². The summed E-state index contributed by atoms with van der Waals surface area (Å²) >= 11 is 6.17. The van der Waals surface area contributed by atoms with E-state index in [4.69, 9.17) is 16.3 Å². The van der Waals surface area contributed by atoms with Crippen molar-refractivity contribution in [3.05, 3.63) is 53.8 Å². The first kappa shape index (κ1) is 13.8. The third kappa shape index (κ3) is 2.33. The minimum atomic E-state index is 0.526. The van der Waals surface area contributed by atoms with E-state index in [9.17, 15) is 0 Å². The molecular weight excluding hydrogens is 314 g/mol. The summed E-state index contributed by atoms with van der Waals surface area (Å²) in [7, 11) is 1.58. The van der Waals surface area contributed by atoms with Gasteiger partial charge in [0.05, 0.1) is 17.6 Å². The van der Waals surface area contributed by atoms with E-state index in [1.54, 1.807) is 30.0 Å². The average Bonchev–Trinajstić information content (AvgIpc) is 3.05. The first-order valence-corrected chi connectivity index (χ1v) is 7.33. The molecule has 4 aromatic rings. The summed E-state index contributed by atoms with van der Waals surface area (Å²) in [5, 5.41) is 12.9. The number of benzene rings is 2. The van der Waals surface area contributed by atoms with Crippen LogP contribution in [0.4, 0.5) is 11.6 Å². The van der Waals surface area contributed by atoms with E-state index in [0.717, 1.165) is 22.2 Å². The Hall–Kier alpha value is -2.86. The molecule has 114 valence electrons. The third-order valence-electron chi connectivity index (χ3n) is 3.56. The molecule has 6 nitrogen and oxygen atoms in total. The van der Waals surface area contributed by atoms with Crippen molar-refractivity contribution in [2.24, 2.45) is 0 Å². The monoisotopic (exact) mass is 325 g/mol. The molecular formula is C16H12ClN5O. The third-order valence-corrected chi connectivity index (χ3v) is 3.85. The number of methoxy groups -OCH3 is 1. The molecule has 0 aliphatic rings. The lowest BCUT2D eigenvalue weighted by Crippen LogP contribution is -2.02. The summed E-state index contributed by atoms with van der Waals surface area (Å²) in [5.41, 5.74) is 2.39. The van der Waals surface area contributed by atoms with E-state index >= 15 is 0 Å². The zero-order valence-corrected chi connectivity index (χ0v) is 12.9. The van der Waals surface area contributed by atoms with Gasteiger partial charge < -0.3 is 10.1 Å². The van der Waals surface area contributed by atoms with E-state index in [1.807, 2.05) is 30.3 Å². The number of nitrogens with one attached hydrogen (secondary N) is 1. The van der Waals surface area contributed by atoms with Crippen LogP contribution in [0, 0.1) is 0 Å². The van der Waals surface area contributed by atoms with Gasteiger partial charge in [0, 0.05) is 11.1 Å². The van der Waals surface area contributed by atoms with Crippen LogP contribution in [-0.2, 0) is 0 Å². The van der Waals surface area contributed by atoms with Crippen molar-refractivity contribution in [3.63, 3.8) is 0 Å². The Morgan fingerprint density at radius 1 is 1.17 bits per heavy atom. The van der Waals surface area contributed by atoms with Gasteiger partial charge in [-0.05, 0) is 30.3 Å². The molecule has 0 bridgehead atoms. The number of halogens is 1. The minimum absolute atomic E-state index is 0.526. The van der Waals surface area contributed by atoms with Crippen LogP contribution in [0.15, 0.2) is 48.8 Å². The Balaban J connectivity index is 1.84. The highest BCUT2D eigenvalue weighted by molar-refractivity contribution is 6.32. The lowest BCUT2D eigenvalue weighted by Gasteiger charge is -2.11. The van der Waals surface area contributed by atoms with Gasteiger partial charge in [-0.15, -0.1) is 10.2 Å². The topological polar surface area (TPSA) is 64.3 Å². The molecule has 0 amide bonds. The van der Waals surface area contributed by atoms with Gasteiger partial charge in [-0.25, -0.2) is 4.98 Å². The van der Waals surface area contributed by atoms with Crippen molar-refractivity contribution in [2.45, 2.75) is 0 Å². The summed E-state index contributed by atoms with van der Waals surface area (Å²) < 4.78 is 6.97. The van der Waals surface area contributed by atoms with Crippen molar-refractivity contribution in [2.75, 3.05) is 12.4 Å². The number of nitrogens with zero attached hydrogens (tertiary/aromatic N) is 4. The number of ether oxygens (including phenoxy) is 1. The number of hydrogen-bond donors (Lipinski definition) is 1. The minimum Gasteiger partial charge on any atom is -0.495 e. The molecule has 0 fully saturated rings. The molecule has 2 heterocycles. The highest BCUT2D eigenvalue weighted by Crippen LogP contribution is 2.29. The van der Waals surface area contributed by atoms with Crippen molar-refractivity contribution in [1.82, 2.24) is 19.6 Å². The zero-order chi connectivity index (χ0) is 15.8. The Morgan fingerprint density at radius 3 is 2.87 bits per heavy atom. The smallest absolute Gasteiger partial charge is 0.215 e. The lowest BCUT2D eigenvalue weighted by molar-refractivity contribution is 0.415. The van der Waals surface area contributed by atoms with Crippen LogP contribution in [0.25, 0.3) is 16.6 Å². The molecule has 0 radical (unpaired) electrons. The molecule has 0 unspecified atom stereocenters. The average molecular weight is 326 g/mol. The maximum absolute atomic E-state index is 6.17. The molecule has 7 heteroatoms. The maximum atomic E-state index is 6.17. The Morgan fingerprint density at radius 2 is 2.04 bits per heavy atom. The molecule has 1 N–H and O–H groups in total. The second-order valence-corrected chi connectivity index (χ2v) is 5.36. The van der Waals surface area contributed by atoms with Gasteiger partial charge in [0.2, 0.25) is 5.95 Å². The van der Waals surface area contributed by atoms with E-state index in [2.05, 4.69) is 20.5 Å². The van der Waals surface area contributed by atoms with E-state index in [-0.39, 0.29) is 0 Å². The normalized spacial score (nSPS) is 11.0. The summed E-state index contributed by atoms with van der Waals surface area (Å²) in [6, 6.07) is 13.3. The van der Waals surface area contributed by atoms with Crippen LogP contribution in [-0.4, -0.2) is 26.7 Å². The fourth-order valence-electron chi connectivity index (χ4n) is 2.46. The zero-order valence-electron chi connectivity index (χ0n) is 12.2. The number of anilines is 2. The Bertz CT molecular complexity index is 1010. The van der Waals surface area contributed by atoms with Crippen molar-refractivity contribution >= 4 is 39.8 Å². The molecule has 0 saturated carbocycles. The highest BCUT2D eigenvalue weighted by atomic mass is 35.5. The van der Waals surface area contributed by atoms with Gasteiger partial charge in [0.1, 0.15) is 12.1 Å². The predicted molar refractivity (Wildman–Crippen MR) is 89.6 cm³/mol. The number of hydrogen-bond acceptors (Lipinski definition) is 5. The largest absolute Gasteiger partial charge is 0.495 e. The number of para-hydroxylation sites is 1. The second kappa shape index (κ2) is 5.40. The quantitative estimate of drug-likeness (QED) is 0.622. The van der Waals surface area contributed by atoms with Crippen molar-refractivity contribution in [1.29, 1.82) is 0 Å². The fourth-order valence-corrected chi connectivity index (χ4v) is 2.72. The lowest BCUT2D eigenvalue weighted by atomic mass is 10.2. The molecule has 4 rings (SSSR count). The first-order valence-electron chi connectivity index (χ1n) is 6.95. The molecule has 0 spiro atoms. The van der Waals surface area contributed by atoms with Crippen LogP contribution in [0.5, 0.6) is 5.75 Å². The van der Waals surface area contributed by atoms with Gasteiger partial charge in [0.15, 0.2) is 5.65 Å². The standard InChI is InChI=1S/C16H12ClN5O/c1-23-14-7-6-10(8-12(14)17)19-16-20-13-5-3-2-4-11(13)15-21-18-9-22(15)16/h2-9H,1H3,(H,19,20). The number of aromatic nitrogens is 4. The van der Waals surface area contributed by atoms with Crippen LogP contribution >= 0.6 is 11.6 Å². The van der Waals surface area contributed by atoms with Gasteiger partial charge in [0.25, 0.3) is 0 Å². The number of fused-ring (bicyclic) bond motifs is 3. The van der Waals surface area contributed by atoms with Crippen molar-refractivity contribution in [3.8, 4) is 5.75 Å². The van der Waals surface area contributed by atoms with E-state index in [0.29, 0.717) is 16.7 Å². The predicted octanol–water partition coefficient (Wildman–Crippen LogP) is 3.68. The van der Waals surface area contributed by atoms with Gasteiger partial charge in [-0.1, -0.05) is 23.7 Å². The molecule has 0 atom stereocenters. The summed E-state index contributed by atoms with van der Waals surface area (Å²) in [6.45, 7) is 0. The Labute approximate surface area is 136 Å². The fraction of sp³-hybridized carbons (Fsp3) is 0.0625. The van der Waals surface area contributed by atoms with Gasteiger partial charge in [-0.2, -0.15) is 0 Å². The van der Waals surface area contributed by atoms with Crippen LogP contribution in [0.3, 0.4) is 0 Å². The molecule has 2 aromatic heterocycles. The number of rotatable bonds is 3. The van der Waals surface area contributed by atoms with Gasteiger partial charge in [-0.3, -0.25) is 4.40 Å². The van der Waals surface area contributed by atoms with Crippen LogP contribution in [0.1, 0.15) is 0 Å². The van der Waals surface area contributed by atoms with Crippen LogP contribution < -0.4 is 10.1 Å². The summed E-state index contributed by atoms with van der Waals surface area (Å²) in [6.07, 6.45) is 1.63. The molecule has 0 saturated heterocycles. The molecule has 23 heavy (non-hydrogen) atoms.